The van der Waals surface area contributed by atoms with Crippen LogP contribution in [-0.2, 0) is 4.79 Å². The molecular weight excluding hydrogens is 524 g/mol. The second-order valence-corrected chi connectivity index (χ2v) is 10.7. The largest absolute Gasteiger partial charge is 0.370 e. The second-order valence-electron chi connectivity index (χ2n) is 10.7. The summed E-state index contributed by atoms with van der Waals surface area (Å²) in [7, 11) is 0. The molecule has 0 aliphatic carbocycles. The first-order valence-corrected chi connectivity index (χ1v) is 14.5. The number of rotatable bonds is 10. The number of nitrogens with two attached hydrogens (primary N) is 1. The van der Waals surface area contributed by atoms with Gasteiger partial charge in [0, 0.05) is 31.2 Å². The molecule has 1 aliphatic rings. The van der Waals surface area contributed by atoms with Gasteiger partial charge in [-0.1, -0.05) is 91.0 Å². The fourth-order valence-corrected chi connectivity index (χ4v) is 5.67. The van der Waals surface area contributed by atoms with E-state index in [1.165, 1.54) is 0 Å². The Morgan fingerprint density at radius 1 is 0.905 bits per heavy atom. The Balaban J connectivity index is 1.35. The van der Waals surface area contributed by atoms with Crippen molar-refractivity contribution in [2.45, 2.75) is 37.4 Å². The number of hydrogen-bond donors (Lipinski definition) is 5. The molecule has 6 N–H and O–H groups in total. The predicted molar refractivity (Wildman–Crippen MR) is 167 cm³/mol. The number of carbonyl (C=O) groups is 2. The van der Waals surface area contributed by atoms with Crippen molar-refractivity contribution in [3.8, 4) is 0 Å². The Hall–Kier alpha value is -4.69. The summed E-state index contributed by atoms with van der Waals surface area (Å²) in [6, 6.07) is 33.2. The van der Waals surface area contributed by atoms with Crippen LogP contribution in [0.1, 0.15) is 46.8 Å². The number of guanidine groups is 1. The highest BCUT2D eigenvalue weighted by Gasteiger charge is 2.35. The Kier molecular flexibility index (Phi) is 9.46. The lowest BCUT2D eigenvalue weighted by Gasteiger charge is -2.33. The lowest BCUT2D eigenvalue weighted by atomic mass is 9.96. The molecule has 1 saturated heterocycles. The number of nitrogens with zero attached hydrogens (tertiary/aromatic N) is 1. The van der Waals surface area contributed by atoms with Crippen LogP contribution in [0, 0.1) is 5.41 Å². The van der Waals surface area contributed by atoms with Gasteiger partial charge >= 0.3 is 0 Å². The number of carbonyl (C=O) groups excluding carboxylic acids is 2. The average Bonchev–Trinajstić information content (AvgIpc) is 3.17. The van der Waals surface area contributed by atoms with E-state index in [0.717, 1.165) is 21.9 Å². The van der Waals surface area contributed by atoms with Crippen LogP contribution in [0.3, 0.4) is 0 Å². The van der Waals surface area contributed by atoms with Gasteiger partial charge in [-0.3, -0.25) is 15.0 Å². The van der Waals surface area contributed by atoms with Gasteiger partial charge in [0.2, 0.25) is 5.91 Å². The van der Waals surface area contributed by atoms with Gasteiger partial charge in [-0.15, -0.1) is 0 Å². The van der Waals surface area contributed by atoms with Gasteiger partial charge in [-0.2, -0.15) is 0 Å². The van der Waals surface area contributed by atoms with Gasteiger partial charge < -0.3 is 26.6 Å². The molecule has 8 heteroatoms. The van der Waals surface area contributed by atoms with Gasteiger partial charge in [0.15, 0.2) is 5.96 Å². The number of nitrogens with one attached hydrogen (secondary N) is 4. The minimum Gasteiger partial charge on any atom is -0.370 e. The van der Waals surface area contributed by atoms with E-state index in [-0.39, 0.29) is 29.9 Å². The quantitative estimate of drug-likeness (QED) is 0.113. The molecule has 216 valence electrons. The van der Waals surface area contributed by atoms with Crippen molar-refractivity contribution < 1.29 is 9.59 Å². The first-order chi connectivity index (χ1) is 20.5. The van der Waals surface area contributed by atoms with Crippen molar-refractivity contribution in [2.24, 2.45) is 5.73 Å². The molecule has 2 amide bonds. The molecule has 1 fully saturated rings. The summed E-state index contributed by atoms with van der Waals surface area (Å²) in [5.41, 5.74) is 8.18. The average molecular weight is 563 g/mol. The van der Waals surface area contributed by atoms with Crippen LogP contribution in [0.5, 0.6) is 0 Å². The molecule has 8 nitrogen and oxygen atoms in total. The zero-order valence-electron chi connectivity index (χ0n) is 23.6. The third-order valence-electron chi connectivity index (χ3n) is 7.78. The minimum absolute atomic E-state index is 0.0267. The topological polar surface area (TPSA) is 123 Å². The van der Waals surface area contributed by atoms with Gasteiger partial charge in [0.1, 0.15) is 0 Å². The van der Waals surface area contributed by atoms with Crippen LogP contribution in [0.15, 0.2) is 103 Å². The Morgan fingerprint density at radius 2 is 1.55 bits per heavy atom. The zero-order chi connectivity index (χ0) is 29.3. The molecule has 0 spiro atoms. The summed E-state index contributed by atoms with van der Waals surface area (Å²) in [4.78, 5) is 29.3. The first-order valence-electron chi connectivity index (χ1n) is 14.5. The SMILES string of the molecule is N=C(N)NCCC[C@@H]1N[C@H](CNC(=O)c2ccc3ccccc3c2)CCN(C(c2ccccc2)c2ccccc2)C1=O. The molecule has 0 unspecified atom stereocenters. The third-order valence-corrected chi connectivity index (χ3v) is 7.78. The van der Waals surface area contributed by atoms with Crippen LogP contribution >= 0.6 is 0 Å². The van der Waals surface area contributed by atoms with Gasteiger partial charge in [-0.25, -0.2) is 0 Å². The summed E-state index contributed by atoms with van der Waals surface area (Å²) in [6.45, 7) is 1.44. The Bertz CT molecular complexity index is 1470. The molecule has 4 aromatic rings. The number of hydrogen-bond acceptors (Lipinski definition) is 4. The molecule has 42 heavy (non-hydrogen) atoms. The number of fused-ring (bicyclic) bond motifs is 1. The van der Waals surface area contributed by atoms with Crippen LogP contribution in [0.25, 0.3) is 10.8 Å². The van der Waals surface area contributed by atoms with E-state index in [1.54, 1.807) is 0 Å². The van der Waals surface area contributed by atoms with Crippen molar-refractivity contribution in [1.29, 1.82) is 5.41 Å². The molecule has 0 radical (unpaired) electrons. The van der Waals surface area contributed by atoms with Crippen LogP contribution in [-0.4, -0.2) is 54.4 Å². The van der Waals surface area contributed by atoms with Crippen molar-refractivity contribution >= 4 is 28.5 Å². The van der Waals surface area contributed by atoms with Gasteiger partial charge in [-0.05, 0) is 53.3 Å². The maximum atomic E-state index is 14.2. The van der Waals surface area contributed by atoms with Crippen molar-refractivity contribution in [2.75, 3.05) is 19.6 Å². The molecule has 1 aliphatic heterocycles. The molecule has 4 aromatic carbocycles. The fraction of sp³-hybridized carbons (Fsp3) is 0.265. The zero-order valence-corrected chi connectivity index (χ0v) is 23.6. The molecule has 1 heterocycles. The number of benzene rings is 4. The van der Waals surface area contributed by atoms with Crippen molar-refractivity contribution in [3.05, 3.63) is 120 Å². The highest BCUT2D eigenvalue weighted by Crippen LogP contribution is 2.31. The summed E-state index contributed by atoms with van der Waals surface area (Å²) in [5.74, 6) is -0.193. The summed E-state index contributed by atoms with van der Waals surface area (Å²) < 4.78 is 0. The maximum absolute atomic E-state index is 14.2. The maximum Gasteiger partial charge on any atom is 0.251 e. The van der Waals surface area contributed by atoms with E-state index >= 15 is 0 Å². The Labute approximate surface area is 246 Å². The fourth-order valence-electron chi connectivity index (χ4n) is 5.67. The molecule has 0 saturated carbocycles. The van der Waals surface area contributed by atoms with Crippen LogP contribution in [0.4, 0.5) is 0 Å². The van der Waals surface area contributed by atoms with E-state index in [2.05, 4.69) is 40.2 Å². The number of amides is 2. The van der Waals surface area contributed by atoms with E-state index in [1.807, 2.05) is 83.8 Å². The molecule has 0 aromatic heterocycles. The van der Waals surface area contributed by atoms with E-state index in [4.69, 9.17) is 11.1 Å². The monoisotopic (exact) mass is 562 g/mol. The standard InChI is InChI=1S/C34H38N6O2/c35-34(36)37-20-9-16-30-33(42)40(31(25-11-3-1-4-12-25)26-13-5-2-6-14-26)21-19-29(39-30)23-38-32(41)28-18-17-24-10-7-8-15-27(24)22-28/h1-8,10-15,17-18,22,29-31,39H,9,16,19-21,23H2,(H,38,41)(H4,35,36,37)/t29-,30-/m0/s1. The lowest BCUT2D eigenvalue weighted by Crippen LogP contribution is -2.49. The van der Waals surface area contributed by atoms with E-state index in [9.17, 15) is 9.59 Å². The van der Waals surface area contributed by atoms with Crippen molar-refractivity contribution in [1.82, 2.24) is 20.9 Å². The third kappa shape index (κ3) is 7.14. The molecular formula is C34H38N6O2. The van der Waals surface area contributed by atoms with E-state index < -0.39 is 6.04 Å². The summed E-state index contributed by atoms with van der Waals surface area (Å²) in [5, 5.41) is 19.0. The highest BCUT2D eigenvalue weighted by molar-refractivity contribution is 5.98. The minimum atomic E-state index is -0.446. The highest BCUT2D eigenvalue weighted by atomic mass is 16.2. The van der Waals surface area contributed by atoms with Crippen LogP contribution < -0.4 is 21.7 Å². The molecule has 5 rings (SSSR count). The molecule has 2 atom stereocenters. The first kappa shape index (κ1) is 28.8. The smallest absolute Gasteiger partial charge is 0.251 e. The van der Waals surface area contributed by atoms with Gasteiger partial charge in [0.05, 0.1) is 12.1 Å². The summed E-state index contributed by atoms with van der Waals surface area (Å²) >= 11 is 0. The normalized spacial score (nSPS) is 17.2. The molecule has 0 bridgehead atoms. The van der Waals surface area contributed by atoms with Crippen LogP contribution in [0.2, 0.25) is 0 Å². The van der Waals surface area contributed by atoms with Gasteiger partial charge in [0.25, 0.3) is 5.91 Å². The second kappa shape index (κ2) is 13.8. The Morgan fingerprint density at radius 3 is 2.21 bits per heavy atom. The summed E-state index contributed by atoms with van der Waals surface area (Å²) in [6.07, 6.45) is 1.91. The van der Waals surface area contributed by atoms with E-state index in [0.29, 0.717) is 44.5 Å². The predicted octanol–water partition coefficient (Wildman–Crippen LogP) is 4.18. The van der Waals surface area contributed by atoms with Crippen molar-refractivity contribution in [3.63, 3.8) is 0 Å². The lowest BCUT2D eigenvalue weighted by molar-refractivity contribution is -0.134.